The number of nitro benzene ring substituents is 1. The minimum Gasteiger partial charge on any atom is -0.487 e. The van der Waals surface area contributed by atoms with Crippen LogP contribution in [0.3, 0.4) is 0 Å². The lowest BCUT2D eigenvalue weighted by atomic mass is 10.2. The van der Waals surface area contributed by atoms with Gasteiger partial charge < -0.3 is 14.7 Å². The second kappa shape index (κ2) is 7.75. The molecule has 0 aliphatic heterocycles. The van der Waals surface area contributed by atoms with Crippen molar-refractivity contribution in [3.63, 3.8) is 0 Å². The molecule has 0 atom stereocenters. The van der Waals surface area contributed by atoms with E-state index < -0.39 is 10.9 Å². The molecular weight excluding hydrogens is 276 g/mol. The Morgan fingerprint density at radius 1 is 1.57 bits per heavy atom. The van der Waals surface area contributed by atoms with Gasteiger partial charge in [0.15, 0.2) is 5.75 Å². The van der Waals surface area contributed by atoms with E-state index in [0.717, 1.165) is 0 Å². The normalized spacial score (nSPS) is 9.71. The lowest BCUT2D eigenvalue weighted by Gasteiger charge is -2.20. The fraction of sp³-hybridized carbons (Fsp3) is 0.357. The molecule has 0 spiro atoms. The van der Waals surface area contributed by atoms with Crippen LogP contribution in [-0.4, -0.2) is 35.7 Å². The molecule has 0 aliphatic rings. The summed E-state index contributed by atoms with van der Waals surface area (Å²) in [5, 5.41) is 19.8. The molecule has 7 nitrogen and oxygen atoms in total. The van der Waals surface area contributed by atoms with Crippen LogP contribution in [0.1, 0.15) is 13.3 Å². The number of aliphatic carboxylic acids is 1. The molecule has 0 aliphatic carbocycles. The van der Waals surface area contributed by atoms with E-state index in [-0.39, 0.29) is 24.5 Å². The molecule has 0 unspecified atom stereocenters. The molecule has 0 saturated carbocycles. The molecule has 0 radical (unpaired) electrons. The number of terminal acetylenes is 1. The summed E-state index contributed by atoms with van der Waals surface area (Å²) in [6, 6.07) is 4.18. The van der Waals surface area contributed by atoms with Crippen LogP contribution < -0.4 is 9.64 Å². The zero-order valence-electron chi connectivity index (χ0n) is 11.6. The summed E-state index contributed by atoms with van der Waals surface area (Å²) in [5.74, 6) is 1.42. The van der Waals surface area contributed by atoms with Gasteiger partial charge in [0.25, 0.3) is 0 Å². The summed E-state index contributed by atoms with van der Waals surface area (Å²) >= 11 is 0. The van der Waals surface area contributed by atoms with Gasteiger partial charge in [0.05, 0.1) is 18.1 Å². The number of ether oxygens (including phenoxy) is 1. The summed E-state index contributed by atoms with van der Waals surface area (Å²) in [6.45, 7) is 2.00. The van der Waals surface area contributed by atoms with Gasteiger partial charge in [-0.05, 0) is 12.5 Å². The Labute approximate surface area is 122 Å². The minimum atomic E-state index is -1.04. The third kappa shape index (κ3) is 4.69. The number of carboxylic acids is 1. The first kappa shape index (κ1) is 16.3. The van der Waals surface area contributed by atoms with Gasteiger partial charge in [-0.3, -0.25) is 14.9 Å². The Morgan fingerprint density at radius 3 is 2.81 bits per heavy atom. The molecule has 21 heavy (non-hydrogen) atoms. The van der Waals surface area contributed by atoms with Crippen LogP contribution >= 0.6 is 0 Å². The summed E-state index contributed by atoms with van der Waals surface area (Å²) in [4.78, 5) is 22.7. The molecular formula is C14H16N2O5. The maximum absolute atomic E-state index is 11.0. The largest absolute Gasteiger partial charge is 0.487 e. The van der Waals surface area contributed by atoms with Crippen LogP contribution in [0.2, 0.25) is 0 Å². The number of benzene rings is 1. The molecule has 0 fully saturated rings. The van der Waals surface area contributed by atoms with Crippen LogP contribution in [0.4, 0.5) is 11.4 Å². The van der Waals surface area contributed by atoms with Crippen molar-refractivity contribution in [3.05, 3.63) is 28.3 Å². The number of carboxylic acid groups (broad SMARTS) is 1. The molecule has 0 saturated heterocycles. The Hall–Kier alpha value is -2.75. The highest BCUT2D eigenvalue weighted by molar-refractivity contribution is 5.74. The summed E-state index contributed by atoms with van der Waals surface area (Å²) in [6.07, 6.45) is 5.91. The van der Waals surface area contributed by atoms with Crippen molar-refractivity contribution >= 4 is 17.3 Å². The van der Waals surface area contributed by atoms with Crippen molar-refractivity contribution < 1.29 is 19.6 Å². The highest BCUT2D eigenvalue weighted by Crippen LogP contribution is 2.31. The van der Waals surface area contributed by atoms with E-state index in [9.17, 15) is 14.9 Å². The number of rotatable bonds is 8. The monoisotopic (exact) mass is 292 g/mol. The van der Waals surface area contributed by atoms with Crippen molar-refractivity contribution in [1.82, 2.24) is 0 Å². The number of hydrogen-bond acceptors (Lipinski definition) is 5. The number of nitro groups is 1. The predicted octanol–water partition coefficient (Wildman–Crippen LogP) is 1.91. The van der Waals surface area contributed by atoms with Crippen LogP contribution in [0, 0.1) is 22.5 Å². The fourth-order valence-electron chi connectivity index (χ4n) is 1.69. The molecule has 0 aromatic heterocycles. The second-order valence-electron chi connectivity index (χ2n) is 4.21. The van der Waals surface area contributed by atoms with Gasteiger partial charge in [0.2, 0.25) is 0 Å². The smallest absolute Gasteiger partial charge is 0.323 e. The van der Waals surface area contributed by atoms with Crippen molar-refractivity contribution in [3.8, 4) is 18.1 Å². The Morgan fingerprint density at radius 2 is 2.29 bits per heavy atom. The first-order chi connectivity index (χ1) is 9.99. The highest BCUT2D eigenvalue weighted by atomic mass is 16.6. The molecule has 112 valence electrons. The zero-order valence-corrected chi connectivity index (χ0v) is 11.6. The van der Waals surface area contributed by atoms with E-state index in [0.29, 0.717) is 18.7 Å². The van der Waals surface area contributed by atoms with Crippen molar-refractivity contribution in [1.29, 1.82) is 0 Å². The lowest BCUT2D eigenvalue weighted by molar-refractivity contribution is -0.385. The molecule has 7 heteroatoms. The van der Waals surface area contributed by atoms with Gasteiger partial charge in [-0.2, -0.15) is 0 Å². The lowest BCUT2D eigenvalue weighted by Crippen LogP contribution is -2.30. The molecule has 1 aromatic rings. The van der Waals surface area contributed by atoms with Crippen molar-refractivity contribution in [2.45, 2.75) is 13.3 Å². The molecule has 1 N–H and O–H groups in total. The van der Waals surface area contributed by atoms with Crippen LogP contribution in [0.15, 0.2) is 18.2 Å². The number of nitrogens with zero attached hydrogens (tertiary/aromatic N) is 2. The summed E-state index contributed by atoms with van der Waals surface area (Å²) in [5.41, 5.74) is 0.301. The number of hydrogen-bond donors (Lipinski definition) is 1. The van der Waals surface area contributed by atoms with Crippen LogP contribution in [0.5, 0.6) is 5.75 Å². The average molecular weight is 292 g/mol. The third-order valence-electron chi connectivity index (χ3n) is 2.58. The minimum absolute atomic E-state index is 0.0807. The predicted molar refractivity (Wildman–Crippen MR) is 77.6 cm³/mol. The van der Waals surface area contributed by atoms with Gasteiger partial charge in [0, 0.05) is 17.8 Å². The molecule has 0 bridgehead atoms. The Kier molecular flexibility index (Phi) is 6.01. The van der Waals surface area contributed by atoms with Crippen LogP contribution in [-0.2, 0) is 4.79 Å². The quantitative estimate of drug-likeness (QED) is 0.447. The topological polar surface area (TPSA) is 92.9 Å². The Bertz CT molecular complexity index is 565. The average Bonchev–Trinajstić information content (AvgIpc) is 2.43. The van der Waals surface area contributed by atoms with Gasteiger partial charge >= 0.3 is 11.7 Å². The number of carbonyl (C=O) groups is 1. The van der Waals surface area contributed by atoms with Crippen molar-refractivity contribution in [2.24, 2.45) is 0 Å². The molecule has 1 aromatic carbocycles. The Balaban J connectivity index is 3.14. The van der Waals surface area contributed by atoms with E-state index in [4.69, 9.17) is 16.3 Å². The highest BCUT2D eigenvalue weighted by Gasteiger charge is 2.18. The van der Waals surface area contributed by atoms with Gasteiger partial charge in [-0.25, -0.2) is 0 Å². The SMILES string of the molecule is C#CCN(CC(=O)O)c1ccc([N+](=O)[O-])c(OCCC)c1. The van der Waals surface area contributed by atoms with Crippen molar-refractivity contribution in [2.75, 3.05) is 24.6 Å². The first-order valence-corrected chi connectivity index (χ1v) is 6.31. The van der Waals surface area contributed by atoms with Crippen LogP contribution in [0.25, 0.3) is 0 Å². The van der Waals surface area contributed by atoms with Gasteiger partial charge in [0.1, 0.15) is 6.54 Å². The summed E-state index contributed by atoms with van der Waals surface area (Å²) < 4.78 is 5.35. The maximum atomic E-state index is 11.0. The van der Waals surface area contributed by atoms with Gasteiger partial charge in [-0.15, -0.1) is 6.42 Å². The zero-order chi connectivity index (χ0) is 15.8. The standard InChI is InChI=1S/C14H16N2O5/c1-3-7-15(10-14(17)18)11-5-6-12(16(19)20)13(9-11)21-8-4-2/h1,5-6,9H,4,7-8,10H2,2H3,(H,17,18). The molecule has 0 heterocycles. The number of anilines is 1. The third-order valence-corrected chi connectivity index (χ3v) is 2.58. The van der Waals surface area contributed by atoms with E-state index >= 15 is 0 Å². The van der Waals surface area contributed by atoms with E-state index in [2.05, 4.69) is 5.92 Å². The van der Waals surface area contributed by atoms with Gasteiger partial charge in [-0.1, -0.05) is 12.8 Å². The second-order valence-corrected chi connectivity index (χ2v) is 4.21. The summed E-state index contributed by atoms with van der Waals surface area (Å²) in [7, 11) is 0. The van der Waals surface area contributed by atoms with E-state index in [1.807, 2.05) is 6.92 Å². The molecule has 0 amide bonds. The maximum Gasteiger partial charge on any atom is 0.323 e. The van der Waals surface area contributed by atoms with E-state index in [1.165, 1.54) is 23.1 Å². The first-order valence-electron chi connectivity index (χ1n) is 6.31. The molecule has 1 rings (SSSR count). The fourth-order valence-corrected chi connectivity index (χ4v) is 1.69. The van der Waals surface area contributed by atoms with E-state index in [1.54, 1.807) is 0 Å².